The fourth-order valence-corrected chi connectivity index (χ4v) is 1.93. The summed E-state index contributed by atoms with van der Waals surface area (Å²) in [4.78, 5) is 22.5. The fourth-order valence-electron chi connectivity index (χ4n) is 1.93. The lowest BCUT2D eigenvalue weighted by Crippen LogP contribution is -2.24. The van der Waals surface area contributed by atoms with E-state index in [0.717, 1.165) is 0 Å². The largest absolute Gasteiger partial charge is 0.484 e. The zero-order valence-corrected chi connectivity index (χ0v) is 12.8. The van der Waals surface area contributed by atoms with Gasteiger partial charge in [0.15, 0.2) is 6.61 Å². The molecule has 0 atom stereocenters. The Bertz CT molecular complexity index is 754. The third kappa shape index (κ3) is 6.21. The first-order valence-electron chi connectivity index (χ1n) is 7.10. The van der Waals surface area contributed by atoms with Crippen LogP contribution in [0.15, 0.2) is 40.8 Å². The third-order valence-electron chi connectivity index (χ3n) is 3.00. The summed E-state index contributed by atoms with van der Waals surface area (Å²) in [6.07, 6.45) is -4.51. The van der Waals surface area contributed by atoms with Crippen molar-refractivity contribution < 1.29 is 37.0 Å². The van der Waals surface area contributed by atoms with Gasteiger partial charge in [0.05, 0.1) is 13.0 Å². The normalized spacial score (nSPS) is 11.2. The Labute approximate surface area is 140 Å². The van der Waals surface area contributed by atoms with Crippen LogP contribution in [0.3, 0.4) is 0 Å². The smallest absolute Gasteiger partial charge is 0.422 e. The van der Waals surface area contributed by atoms with Crippen LogP contribution in [-0.2, 0) is 17.8 Å². The molecule has 1 aromatic carbocycles. The predicted octanol–water partition coefficient (Wildman–Crippen LogP) is 2.78. The molecule has 0 aliphatic carbocycles. The highest BCUT2D eigenvalue weighted by Gasteiger charge is 2.28. The van der Waals surface area contributed by atoms with Crippen LogP contribution in [0.2, 0.25) is 0 Å². The summed E-state index contributed by atoms with van der Waals surface area (Å²) in [6, 6.07) is 8.47. The van der Waals surface area contributed by atoms with E-state index in [1.165, 1.54) is 30.3 Å². The van der Waals surface area contributed by atoms with Gasteiger partial charge in [-0.05, 0) is 29.8 Å². The minimum absolute atomic E-state index is 0.00359. The van der Waals surface area contributed by atoms with Gasteiger partial charge in [-0.15, -0.1) is 0 Å². The predicted molar refractivity (Wildman–Crippen MR) is 79.2 cm³/mol. The maximum absolute atomic E-state index is 12.1. The van der Waals surface area contributed by atoms with Crippen molar-refractivity contribution in [2.75, 3.05) is 6.61 Å². The van der Waals surface area contributed by atoms with Gasteiger partial charge in [0, 0.05) is 0 Å². The lowest BCUT2D eigenvalue weighted by molar-refractivity contribution is -0.153. The van der Waals surface area contributed by atoms with Gasteiger partial charge in [0.25, 0.3) is 0 Å². The molecule has 6 nitrogen and oxygen atoms in total. The number of furan rings is 1. The molecule has 0 saturated heterocycles. The molecule has 0 aliphatic rings. The lowest BCUT2D eigenvalue weighted by Gasteiger charge is -2.10. The molecule has 0 unspecified atom stereocenters. The van der Waals surface area contributed by atoms with Crippen molar-refractivity contribution in [1.29, 1.82) is 0 Å². The maximum atomic E-state index is 12.1. The van der Waals surface area contributed by atoms with Gasteiger partial charge in [-0.25, -0.2) is 4.79 Å². The van der Waals surface area contributed by atoms with Crippen molar-refractivity contribution in [3.63, 3.8) is 0 Å². The molecule has 134 valence electrons. The maximum Gasteiger partial charge on any atom is 0.422 e. The Kier molecular flexibility index (Phi) is 5.68. The van der Waals surface area contributed by atoms with Gasteiger partial charge in [-0.3, -0.25) is 4.79 Å². The van der Waals surface area contributed by atoms with E-state index in [1.54, 1.807) is 6.07 Å². The Balaban J connectivity index is 1.86. The number of carboxylic acid groups (broad SMARTS) is 1. The highest BCUT2D eigenvalue weighted by atomic mass is 19.4. The van der Waals surface area contributed by atoms with Gasteiger partial charge in [0.1, 0.15) is 11.5 Å². The summed E-state index contributed by atoms with van der Waals surface area (Å²) in [5, 5.41) is 11.3. The van der Waals surface area contributed by atoms with E-state index in [0.29, 0.717) is 5.56 Å². The number of benzene rings is 1. The number of hydrogen-bond acceptors (Lipinski definition) is 4. The molecule has 0 radical (unpaired) electrons. The van der Waals surface area contributed by atoms with Crippen LogP contribution >= 0.6 is 0 Å². The second-order valence-electron chi connectivity index (χ2n) is 5.08. The van der Waals surface area contributed by atoms with E-state index in [9.17, 15) is 22.8 Å². The van der Waals surface area contributed by atoms with E-state index in [1.807, 2.05) is 0 Å². The first-order chi connectivity index (χ1) is 11.7. The third-order valence-corrected chi connectivity index (χ3v) is 3.00. The molecule has 1 heterocycles. The zero-order valence-electron chi connectivity index (χ0n) is 12.8. The Morgan fingerprint density at radius 1 is 1.20 bits per heavy atom. The minimum Gasteiger partial charge on any atom is -0.484 e. The van der Waals surface area contributed by atoms with Crippen LogP contribution in [0.4, 0.5) is 13.2 Å². The Hall–Kier alpha value is -2.97. The van der Waals surface area contributed by atoms with Gasteiger partial charge >= 0.3 is 12.1 Å². The summed E-state index contributed by atoms with van der Waals surface area (Å²) in [7, 11) is 0. The monoisotopic (exact) mass is 357 g/mol. The van der Waals surface area contributed by atoms with Gasteiger partial charge in [0.2, 0.25) is 11.7 Å². The van der Waals surface area contributed by atoms with E-state index in [4.69, 9.17) is 9.52 Å². The summed E-state index contributed by atoms with van der Waals surface area (Å²) in [5.41, 5.74) is 0.475. The second kappa shape index (κ2) is 7.73. The average Bonchev–Trinajstić information content (AvgIpc) is 3.00. The SMILES string of the molecule is O=C(Cc1cccc(OCC(F)(F)F)c1)NCc1ccc(C(=O)O)o1. The van der Waals surface area contributed by atoms with Gasteiger partial charge in [-0.2, -0.15) is 13.2 Å². The standard InChI is InChI=1S/C16H14F3NO5/c17-16(18,19)9-24-11-3-1-2-10(6-11)7-14(21)20-8-12-4-5-13(25-12)15(22)23/h1-6H,7-9H2,(H,20,21)(H,22,23). The topological polar surface area (TPSA) is 88.8 Å². The molecule has 0 fully saturated rings. The molecule has 0 saturated carbocycles. The Morgan fingerprint density at radius 2 is 1.96 bits per heavy atom. The summed E-state index contributed by atoms with van der Waals surface area (Å²) >= 11 is 0. The van der Waals surface area contributed by atoms with E-state index >= 15 is 0 Å². The molecule has 0 aliphatic heterocycles. The quantitative estimate of drug-likeness (QED) is 0.795. The lowest BCUT2D eigenvalue weighted by atomic mass is 10.1. The highest BCUT2D eigenvalue weighted by molar-refractivity contribution is 5.84. The van der Waals surface area contributed by atoms with Gasteiger partial charge in [-0.1, -0.05) is 12.1 Å². The first kappa shape index (κ1) is 18.4. The van der Waals surface area contributed by atoms with E-state index in [-0.39, 0.29) is 30.2 Å². The number of carboxylic acids is 1. The van der Waals surface area contributed by atoms with E-state index < -0.39 is 24.7 Å². The van der Waals surface area contributed by atoms with Crippen LogP contribution in [0.5, 0.6) is 5.75 Å². The molecule has 9 heteroatoms. The van der Waals surface area contributed by atoms with Gasteiger partial charge < -0.3 is 19.6 Å². The molecule has 0 spiro atoms. The summed E-state index contributed by atoms with van der Waals surface area (Å²) in [5.74, 6) is -1.57. The van der Waals surface area contributed by atoms with Crippen LogP contribution in [-0.4, -0.2) is 29.8 Å². The van der Waals surface area contributed by atoms with Crippen LogP contribution in [0, 0.1) is 0 Å². The number of amides is 1. The number of nitrogens with one attached hydrogen (secondary N) is 1. The molecule has 2 N–H and O–H groups in total. The van der Waals surface area contributed by atoms with Crippen molar-refractivity contribution in [1.82, 2.24) is 5.32 Å². The summed E-state index contributed by atoms with van der Waals surface area (Å²) < 4.78 is 46.0. The number of ether oxygens (including phenoxy) is 1. The molecule has 2 rings (SSSR count). The van der Waals surface area contributed by atoms with Crippen molar-refractivity contribution in [2.24, 2.45) is 0 Å². The molecule has 2 aromatic rings. The molecule has 1 amide bonds. The van der Waals surface area contributed by atoms with Crippen molar-refractivity contribution >= 4 is 11.9 Å². The van der Waals surface area contributed by atoms with Crippen LogP contribution in [0.1, 0.15) is 21.9 Å². The molecular formula is C16H14F3NO5. The minimum atomic E-state index is -4.44. The number of aromatic carboxylic acids is 1. The number of carbonyl (C=O) groups excluding carboxylic acids is 1. The number of hydrogen-bond donors (Lipinski definition) is 2. The van der Waals surface area contributed by atoms with Crippen LogP contribution < -0.4 is 10.1 Å². The second-order valence-corrected chi connectivity index (χ2v) is 5.08. The number of alkyl halides is 3. The van der Waals surface area contributed by atoms with Crippen molar-refractivity contribution in [3.05, 3.63) is 53.5 Å². The Morgan fingerprint density at radius 3 is 2.60 bits per heavy atom. The molecule has 1 aromatic heterocycles. The number of halogens is 3. The van der Waals surface area contributed by atoms with E-state index in [2.05, 4.69) is 10.1 Å². The summed E-state index contributed by atoms with van der Waals surface area (Å²) in [6.45, 7) is -1.41. The zero-order chi connectivity index (χ0) is 18.4. The molecular weight excluding hydrogens is 343 g/mol. The van der Waals surface area contributed by atoms with Crippen molar-refractivity contribution in [2.45, 2.75) is 19.1 Å². The fraction of sp³-hybridized carbons (Fsp3) is 0.250. The highest BCUT2D eigenvalue weighted by Crippen LogP contribution is 2.19. The van der Waals surface area contributed by atoms with Crippen LogP contribution in [0.25, 0.3) is 0 Å². The number of carbonyl (C=O) groups is 2. The average molecular weight is 357 g/mol. The molecule has 25 heavy (non-hydrogen) atoms. The number of rotatable bonds is 7. The van der Waals surface area contributed by atoms with Crippen molar-refractivity contribution in [3.8, 4) is 5.75 Å². The molecule has 0 bridgehead atoms. The first-order valence-corrected chi connectivity index (χ1v) is 7.10.